The Hall–Kier alpha value is -4.35. The Morgan fingerprint density at radius 2 is 1.62 bits per heavy atom. The molecule has 7 nitrogen and oxygen atoms in total. The van der Waals surface area contributed by atoms with Crippen molar-refractivity contribution in [1.29, 1.82) is 0 Å². The molecule has 5 rings (SSSR count). The van der Waals surface area contributed by atoms with E-state index in [0.717, 1.165) is 33.3 Å². The topological polar surface area (TPSA) is 91.8 Å². The molecule has 0 saturated heterocycles. The lowest BCUT2D eigenvalue weighted by molar-refractivity contribution is 0.102. The second-order valence-electron chi connectivity index (χ2n) is 7.59. The Morgan fingerprint density at radius 3 is 2.44 bits per heavy atom. The lowest BCUT2D eigenvalue weighted by Crippen LogP contribution is -2.12. The van der Waals surface area contributed by atoms with Crippen molar-refractivity contribution < 1.29 is 4.79 Å². The molecule has 1 unspecified atom stereocenters. The lowest BCUT2D eigenvalue weighted by Gasteiger charge is -2.11. The Balaban J connectivity index is 1.27. The standard InChI is InChI=1S/C26H21N6OP/c33-26(32-20-3-1-2-19(14-20)31-25-11-12-27-16-29-25)17-4-6-18(7-5-17)30-24-10-13-28-23-9-8-21(34)15-22(23)24/h1-16H,34H2,(H,28,30)(H,32,33)(H,27,29,31). The number of anilines is 5. The highest BCUT2D eigenvalue weighted by molar-refractivity contribution is 7.27. The minimum Gasteiger partial charge on any atom is -0.355 e. The summed E-state index contributed by atoms with van der Waals surface area (Å²) in [6, 6.07) is 24.6. The maximum absolute atomic E-state index is 12.8. The molecule has 3 aromatic carbocycles. The highest BCUT2D eigenvalue weighted by atomic mass is 31.0. The van der Waals surface area contributed by atoms with E-state index in [9.17, 15) is 4.79 Å². The zero-order valence-corrected chi connectivity index (χ0v) is 19.2. The molecule has 0 aliphatic rings. The van der Waals surface area contributed by atoms with Crippen LogP contribution in [0.5, 0.6) is 0 Å². The number of fused-ring (bicyclic) bond motifs is 1. The first kappa shape index (κ1) is 21.5. The van der Waals surface area contributed by atoms with Crippen LogP contribution in [0.4, 0.5) is 28.6 Å². The van der Waals surface area contributed by atoms with Gasteiger partial charge in [-0.05, 0) is 72.0 Å². The van der Waals surface area contributed by atoms with Crippen molar-refractivity contribution >= 4 is 59.9 Å². The average molecular weight is 464 g/mol. The second-order valence-corrected chi connectivity index (χ2v) is 8.26. The van der Waals surface area contributed by atoms with Gasteiger partial charge in [-0.15, -0.1) is 9.24 Å². The third-order valence-corrected chi connectivity index (χ3v) is 5.53. The maximum Gasteiger partial charge on any atom is 0.255 e. The summed E-state index contributed by atoms with van der Waals surface area (Å²) in [5.41, 5.74) is 4.82. The minimum atomic E-state index is -0.187. The molecule has 0 fully saturated rings. The van der Waals surface area contributed by atoms with Crippen molar-refractivity contribution in [2.45, 2.75) is 0 Å². The summed E-state index contributed by atoms with van der Waals surface area (Å²) in [6.07, 6.45) is 4.92. The van der Waals surface area contributed by atoms with Crippen molar-refractivity contribution in [3.63, 3.8) is 0 Å². The summed E-state index contributed by atoms with van der Waals surface area (Å²) in [5, 5.41) is 11.7. The number of amides is 1. The van der Waals surface area contributed by atoms with Gasteiger partial charge >= 0.3 is 0 Å². The number of carbonyl (C=O) groups is 1. The van der Waals surface area contributed by atoms with Crippen LogP contribution in [0.2, 0.25) is 0 Å². The van der Waals surface area contributed by atoms with Gasteiger partial charge in [0.15, 0.2) is 0 Å². The van der Waals surface area contributed by atoms with Gasteiger partial charge in [0.2, 0.25) is 0 Å². The van der Waals surface area contributed by atoms with E-state index in [1.54, 1.807) is 30.6 Å². The van der Waals surface area contributed by atoms with E-state index in [2.05, 4.69) is 46.2 Å². The molecule has 0 spiro atoms. The fourth-order valence-electron chi connectivity index (χ4n) is 3.52. The summed E-state index contributed by atoms with van der Waals surface area (Å²) < 4.78 is 0. The van der Waals surface area contributed by atoms with Crippen molar-refractivity contribution in [3.05, 3.63) is 103 Å². The number of benzene rings is 3. The Kier molecular flexibility index (Phi) is 6.10. The van der Waals surface area contributed by atoms with E-state index >= 15 is 0 Å². The zero-order valence-electron chi connectivity index (χ0n) is 18.1. The number of hydrogen-bond donors (Lipinski definition) is 3. The van der Waals surface area contributed by atoms with Gasteiger partial charge in [0.05, 0.1) is 5.52 Å². The molecular weight excluding hydrogens is 443 g/mol. The minimum absolute atomic E-state index is 0.187. The predicted molar refractivity (Wildman–Crippen MR) is 141 cm³/mol. The van der Waals surface area contributed by atoms with Crippen LogP contribution in [-0.4, -0.2) is 20.9 Å². The number of carbonyl (C=O) groups excluding carboxylic acids is 1. The molecule has 2 heterocycles. The van der Waals surface area contributed by atoms with Crippen LogP contribution >= 0.6 is 9.24 Å². The molecule has 0 aliphatic heterocycles. The molecule has 5 aromatic rings. The molecule has 2 aromatic heterocycles. The number of pyridine rings is 1. The summed E-state index contributed by atoms with van der Waals surface area (Å²) >= 11 is 0. The summed E-state index contributed by atoms with van der Waals surface area (Å²) in [4.78, 5) is 25.3. The summed E-state index contributed by atoms with van der Waals surface area (Å²) in [5.74, 6) is 0.491. The van der Waals surface area contributed by atoms with Gasteiger partial charge in [-0.2, -0.15) is 0 Å². The highest BCUT2D eigenvalue weighted by Gasteiger charge is 2.08. The lowest BCUT2D eigenvalue weighted by atomic mass is 10.1. The fraction of sp³-hybridized carbons (Fsp3) is 0. The first-order valence-electron chi connectivity index (χ1n) is 10.6. The normalized spacial score (nSPS) is 10.6. The molecule has 1 amide bonds. The number of aromatic nitrogens is 3. The van der Waals surface area contributed by atoms with Gasteiger partial charge in [0, 0.05) is 46.1 Å². The van der Waals surface area contributed by atoms with Crippen LogP contribution in [0.3, 0.4) is 0 Å². The second kappa shape index (κ2) is 9.65. The van der Waals surface area contributed by atoms with Crippen molar-refractivity contribution in [1.82, 2.24) is 15.0 Å². The van der Waals surface area contributed by atoms with E-state index in [-0.39, 0.29) is 5.91 Å². The van der Waals surface area contributed by atoms with Gasteiger partial charge in [0.1, 0.15) is 12.1 Å². The number of nitrogens with zero attached hydrogens (tertiary/aromatic N) is 3. The fourth-order valence-corrected chi connectivity index (χ4v) is 3.79. The quantitative estimate of drug-likeness (QED) is 0.297. The van der Waals surface area contributed by atoms with Crippen molar-refractivity contribution in [3.8, 4) is 0 Å². The van der Waals surface area contributed by atoms with Gasteiger partial charge in [-0.25, -0.2) is 9.97 Å². The van der Waals surface area contributed by atoms with Crippen molar-refractivity contribution in [2.75, 3.05) is 16.0 Å². The van der Waals surface area contributed by atoms with Crippen LogP contribution in [-0.2, 0) is 0 Å². The molecule has 34 heavy (non-hydrogen) atoms. The van der Waals surface area contributed by atoms with Crippen LogP contribution < -0.4 is 21.3 Å². The molecule has 0 bridgehead atoms. The SMILES string of the molecule is O=C(Nc1cccc(Nc2ccncn2)c1)c1ccc(Nc2ccnc3ccc(P)cc23)cc1. The van der Waals surface area contributed by atoms with Crippen LogP contribution in [0, 0.1) is 0 Å². The van der Waals surface area contributed by atoms with E-state index in [0.29, 0.717) is 17.1 Å². The molecule has 8 heteroatoms. The number of nitrogens with one attached hydrogen (secondary N) is 3. The first-order valence-corrected chi connectivity index (χ1v) is 11.2. The van der Waals surface area contributed by atoms with Crippen LogP contribution in [0.25, 0.3) is 10.9 Å². The summed E-state index contributed by atoms with van der Waals surface area (Å²) in [6.45, 7) is 0. The van der Waals surface area contributed by atoms with E-state index < -0.39 is 0 Å². The molecular formula is C26H21N6OP. The third kappa shape index (κ3) is 5.00. The maximum atomic E-state index is 12.8. The third-order valence-electron chi connectivity index (χ3n) is 5.17. The Bertz CT molecular complexity index is 1460. The Labute approximate surface area is 198 Å². The smallest absolute Gasteiger partial charge is 0.255 e. The largest absolute Gasteiger partial charge is 0.355 e. The average Bonchev–Trinajstić information content (AvgIpc) is 2.86. The first-order chi connectivity index (χ1) is 16.6. The molecule has 1 atom stereocenters. The predicted octanol–water partition coefficient (Wildman–Crippen LogP) is 5.26. The number of hydrogen-bond acceptors (Lipinski definition) is 6. The molecule has 0 aliphatic carbocycles. The van der Waals surface area contributed by atoms with E-state index in [1.165, 1.54) is 6.33 Å². The van der Waals surface area contributed by atoms with Gasteiger partial charge in [0.25, 0.3) is 5.91 Å². The summed E-state index contributed by atoms with van der Waals surface area (Å²) in [7, 11) is 2.71. The van der Waals surface area contributed by atoms with Crippen LogP contribution in [0.15, 0.2) is 97.6 Å². The highest BCUT2D eigenvalue weighted by Crippen LogP contribution is 2.25. The Morgan fingerprint density at radius 1 is 0.765 bits per heavy atom. The zero-order chi connectivity index (χ0) is 23.3. The van der Waals surface area contributed by atoms with Crippen LogP contribution in [0.1, 0.15) is 10.4 Å². The van der Waals surface area contributed by atoms with Gasteiger partial charge in [-0.1, -0.05) is 12.1 Å². The van der Waals surface area contributed by atoms with E-state index in [1.807, 2.05) is 54.6 Å². The molecule has 3 N–H and O–H groups in total. The van der Waals surface area contributed by atoms with E-state index in [4.69, 9.17) is 0 Å². The molecule has 0 saturated carbocycles. The number of rotatable bonds is 6. The molecule has 0 radical (unpaired) electrons. The van der Waals surface area contributed by atoms with Gasteiger partial charge < -0.3 is 16.0 Å². The molecule has 166 valence electrons. The van der Waals surface area contributed by atoms with Crippen molar-refractivity contribution in [2.24, 2.45) is 0 Å². The monoisotopic (exact) mass is 464 g/mol. The van der Waals surface area contributed by atoms with Gasteiger partial charge in [-0.3, -0.25) is 9.78 Å².